The quantitative estimate of drug-likeness (QED) is 0.899. The van der Waals surface area contributed by atoms with Gasteiger partial charge in [0.2, 0.25) is 5.13 Å². The predicted molar refractivity (Wildman–Crippen MR) is 60.7 cm³/mol. The lowest BCUT2D eigenvalue weighted by atomic mass is 10.4. The first kappa shape index (κ1) is 11.0. The Balaban J connectivity index is 2.28. The highest BCUT2D eigenvalue weighted by molar-refractivity contribution is 7.93. The summed E-state index contributed by atoms with van der Waals surface area (Å²) in [5.41, 5.74) is 0. The Bertz CT molecular complexity index is 578. The highest BCUT2D eigenvalue weighted by Gasteiger charge is 2.15. The van der Waals surface area contributed by atoms with E-state index in [-0.39, 0.29) is 10.0 Å². The van der Waals surface area contributed by atoms with Crippen molar-refractivity contribution >= 4 is 26.5 Å². The maximum atomic E-state index is 11.8. The lowest BCUT2D eigenvalue weighted by Crippen LogP contribution is -2.12. The van der Waals surface area contributed by atoms with Gasteiger partial charge in [0.15, 0.2) is 0 Å². The normalized spacial score (nSPS) is 11.3. The molecule has 2 rings (SSSR count). The fourth-order valence-electron chi connectivity index (χ4n) is 1.06. The molecule has 83 valence electrons. The SMILES string of the molecule is Cc1nnc(NS(=O)(=O)c2cc[c]cc2)s1. The molecule has 0 bridgehead atoms. The fourth-order valence-corrected chi connectivity index (χ4v) is 2.88. The molecule has 0 saturated carbocycles. The minimum Gasteiger partial charge on any atom is -0.253 e. The molecule has 0 unspecified atom stereocenters. The van der Waals surface area contributed by atoms with Gasteiger partial charge >= 0.3 is 0 Å². The van der Waals surface area contributed by atoms with E-state index in [0.717, 1.165) is 0 Å². The van der Waals surface area contributed by atoms with E-state index in [2.05, 4.69) is 21.0 Å². The van der Waals surface area contributed by atoms with Crippen LogP contribution in [0.5, 0.6) is 0 Å². The van der Waals surface area contributed by atoms with Crippen LogP contribution in [0.2, 0.25) is 0 Å². The van der Waals surface area contributed by atoms with E-state index in [4.69, 9.17) is 0 Å². The third kappa shape index (κ3) is 2.37. The molecule has 1 heterocycles. The highest BCUT2D eigenvalue weighted by atomic mass is 32.2. The Labute approximate surface area is 97.2 Å². The number of hydrogen-bond acceptors (Lipinski definition) is 5. The average Bonchev–Trinajstić information content (AvgIpc) is 2.64. The number of rotatable bonds is 3. The maximum absolute atomic E-state index is 11.8. The summed E-state index contributed by atoms with van der Waals surface area (Å²) in [6.45, 7) is 1.76. The number of nitrogens with one attached hydrogen (secondary N) is 1. The molecule has 1 aromatic carbocycles. The Morgan fingerprint density at radius 1 is 1.31 bits per heavy atom. The van der Waals surface area contributed by atoms with Crippen molar-refractivity contribution in [2.45, 2.75) is 11.8 Å². The van der Waals surface area contributed by atoms with E-state index in [1.807, 2.05) is 0 Å². The van der Waals surface area contributed by atoms with E-state index in [1.165, 1.54) is 23.5 Å². The number of benzene rings is 1. The molecule has 1 N–H and O–H groups in total. The molecule has 1 aromatic heterocycles. The summed E-state index contributed by atoms with van der Waals surface area (Å²) in [6, 6.07) is 8.78. The topological polar surface area (TPSA) is 72.0 Å². The van der Waals surface area contributed by atoms with Crippen LogP contribution in [-0.2, 0) is 10.0 Å². The highest BCUT2D eigenvalue weighted by Crippen LogP contribution is 2.18. The van der Waals surface area contributed by atoms with Crippen LogP contribution in [0.25, 0.3) is 0 Å². The smallest absolute Gasteiger partial charge is 0.253 e. The monoisotopic (exact) mass is 254 g/mol. The van der Waals surface area contributed by atoms with Crippen molar-refractivity contribution in [3.8, 4) is 0 Å². The Morgan fingerprint density at radius 3 is 2.56 bits per heavy atom. The minimum absolute atomic E-state index is 0.180. The largest absolute Gasteiger partial charge is 0.263 e. The Kier molecular flexibility index (Phi) is 2.88. The van der Waals surface area contributed by atoms with E-state index in [0.29, 0.717) is 5.01 Å². The molecular weight excluding hydrogens is 246 g/mol. The van der Waals surface area contributed by atoms with E-state index in [1.54, 1.807) is 19.1 Å². The van der Waals surface area contributed by atoms with Gasteiger partial charge in [0, 0.05) is 0 Å². The average molecular weight is 254 g/mol. The Hall–Kier alpha value is -1.47. The fraction of sp³-hybridized carbons (Fsp3) is 0.111. The molecule has 0 aliphatic carbocycles. The predicted octanol–water partition coefficient (Wildman–Crippen LogP) is 1.45. The van der Waals surface area contributed by atoms with Gasteiger partial charge in [0.1, 0.15) is 5.01 Å². The van der Waals surface area contributed by atoms with Crippen LogP contribution in [0.4, 0.5) is 5.13 Å². The second kappa shape index (κ2) is 4.18. The van der Waals surface area contributed by atoms with Gasteiger partial charge < -0.3 is 0 Å². The first-order valence-corrected chi connectivity index (χ1v) is 6.67. The van der Waals surface area contributed by atoms with Gasteiger partial charge in [-0.2, -0.15) is 0 Å². The van der Waals surface area contributed by atoms with Crippen molar-refractivity contribution in [3.05, 3.63) is 35.3 Å². The van der Waals surface area contributed by atoms with Gasteiger partial charge in [-0.25, -0.2) is 8.42 Å². The number of aromatic nitrogens is 2. The number of nitrogens with zero attached hydrogens (tertiary/aromatic N) is 2. The maximum Gasteiger partial charge on any atom is 0.263 e. The third-order valence-corrected chi connectivity index (χ3v) is 3.98. The minimum atomic E-state index is -3.56. The second-order valence-electron chi connectivity index (χ2n) is 2.97. The number of anilines is 1. The first-order valence-electron chi connectivity index (χ1n) is 4.37. The lowest BCUT2D eigenvalue weighted by molar-refractivity contribution is 0.601. The molecule has 0 aliphatic rings. The van der Waals surface area contributed by atoms with Crippen LogP contribution in [0.1, 0.15) is 5.01 Å². The zero-order chi connectivity index (χ0) is 11.6. The van der Waals surface area contributed by atoms with Gasteiger partial charge in [-0.3, -0.25) is 4.72 Å². The van der Waals surface area contributed by atoms with Crippen LogP contribution in [-0.4, -0.2) is 18.6 Å². The zero-order valence-electron chi connectivity index (χ0n) is 8.34. The standard InChI is InChI=1S/C9H8N3O2S2/c1-7-10-11-9(15-7)12-16(13,14)8-5-3-2-4-6-8/h3-6H,1H3,(H,11,12). The molecule has 7 heteroatoms. The number of sulfonamides is 1. The van der Waals surface area contributed by atoms with Crippen molar-refractivity contribution in [1.82, 2.24) is 10.2 Å². The summed E-state index contributed by atoms with van der Waals surface area (Å²) in [5.74, 6) is 0. The van der Waals surface area contributed by atoms with Crippen LogP contribution < -0.4 is 4.72 Å². The summed E-state index contributed by atoms with van der Waals surface area (Å²) >= 11 is 1.19. The van der Waals surface area contributed by atoms with Gasteiger partial charge in [-0.15, -0.1) is 10.2 Å². The van der Waals surface area contributed by atoms with E-state index < -0.39 is 10.0 Å². The van der Waals surface area contributed by atoms with Crippen molar-refractivity contribution in [2.24, 2.45) is 0 Å². The molecule has 0 atom stereocenters. The van der Waals surface area contributed by atoms with E-state index in [9.17, 15) is 8.42 Å². The molecule has 0 aliphatic heterocycles. The molecule has 0 amide bonds. The molecule has 5 nitrogen and oxygen atoms in total. The molecule has 0 saturated heterocycles. The molecule has 16 heavy (non-hydrogen) atoms. The van der Waals surface area contributed by atoms with Gasteiger partial charge in [0.25, 0.3) is 10.0 Å². The zero-order valence-corrected chi connectivity index (χ0v) is 9.97. The first-order chi connectivity index (χ1) is 7.58. The van der Waals surface area contributed by atoms with Gasteiger partial charge in [-0.05, 0) is 25.1 Å². The molecule has 0 fully saturated rings. The third-order valence-electron chi connectivity index (χ3n) is 1.75. The summed E-state index contributed by atoms with van der Waals surface area (Å²) in [5, 5.41) is 8.40. The molecule has 2 aromatic rings. The van der Waals surface area contributed by atoms with Crippen LogP contribution in [0.3, 0.4) is 0 Å². The molecule has 1 radical (unpaired) electrons. The lowest BCUT2D eigenvalue weighted by Gasteiger charge is -2.03. The van der Waals surface area contributed by atoms with Crippen molar-refractivity contribution in [3.63, 3.8) is 0 Å². The van der Waals surface area contributed by atoms with Gasteiger partial charge in [0.05, 0.1) is 4.90 Å². The summed E-state index contributed by atoms with van der Waals surface area (Å²) in [7, 11) is -3.56. The summed E-state index contributed by atoms with van der Waals surface area (Å²) in [4.78, 5) is 0.180. The van der Waals surface area contributed by atoms with Gasteiger partial charge in [-0.1, -0.05) is 23.5 Å². The van der Waals surface area contributed by atoms with Crippen molar-refractivity contribution in [1.29, 1.82) is 0 Å². The van der Waals surface area contributed by atoms with Crippen LogP contribution in [0.15, 0.2) is 29.2 Å². The summed E-state index contributed by atoms with van der Waals surface area (Å²) < 4.78 is 26.0. The molecular formula is C9H8N3O2S2. The molecule has 0 spiro atoms. The van der Waals surface area contributed by atoms with Crippen LogP contribution >= 0.6 is 11.3 Å². The van der Waals surface area contributed by atoms with E-state index >= 15 is 0 Å². The Morgan fingerprint density at radius 2 is 2.00 bits per heavy atom. The van der Waals surface area contributed by atoms with Crippen LogP contribution in [0, 0.1) is 13.0 Å². The number of hydrogen-bond donors (Lipinski definition) is 1. The van der Waals surface area contributed by atoms with Crippen molar-refractivity contribution in [2.75, 3.05) is 4.72 Å². The summed E-state index contributed by atoms with van der Waals surface area (Å²) in [6.07, 6.45) is 0. The number of aryl methyl sites for hydroxylation is 1. The second-order valence-corrected chi connectivity index (χ2v) is 5.83. The van der Waals surface area contributed by atoms with Crippen molar-refractivity contribution < 1.29 is 8.42 Å².